The fourth-order valence-electron chi connectivity index (χ4n) is 2.57. The van der Waals surface area contributed by atoms with Crippen LogP contribution in [0.1, 0.15) is 24.1 Å². The Labute approximate surface area is 159 Å². The van der Waals surface area contributed by atoms with Crippen molar-refractivity contribution in [2.45, 2.75) is 13.0 Å². The van der Waals surface area contributed by atoms with Crippen molar-refractivity contribution in [2.24, 2.45) is 4.99 Å². The second kappa shape index (κ2) is 9.34. The van der Waals surface area contributed by atoms with E-state index in [2.05, 4.69) is 10.3 Å². The van der Waals surface area contributed by atoms with Gasteiger partial charge in [0.05, 0.1) is 11.7 Å². The third-order valence-corrected chi connectivity index (χ3v) is 4.05. The summed E-state index contributed by atoms with van der Waals surface area (Å²) in [5, 5.41) is 2.93. The number of rotatable bonds is 7. The standard InChI is InChI=1S/C23H22N2O2/c1-18(20-8-4-2-5-9-20)25-23(26)17-27-22-14-12-19(13-15-22)16-24-21-10-6-3-7-11-21/h2-16,18H,17H2,1H3,(H,25,26)/t18-/m1/s1. The molecule has 0 aliphatic heterocycles. The zero-order valence-electron chi connectivity index (χ0n) is 15.2. The first-order valence-corrected chi connectivity index (χ1v) is 8.87. The molecule has 0 aliphatic rings. The van der Waals surface area contributed by atoms with Gasteiger partial charge in [-0.25, -0.2) is 0 Å². The Morgan fingerprint density at radius 1 is 0.963 bits per heavy atom. The Hall–Kier alpha value is -3.40. The number of benzene rings is 3. The topological polar surface area (TPSA) is 50.7 Å². The highest BCUT2D eigenvalue weighted by Gasteiger charge is 2.09. The van der Waals surface area contributed by atoms with Crippen molar-refractivity contribution in [2.75, 3.05) is 6.61 Å². The summed E-state index contributed by atoms with van der Waals surface area (Å²) in [6.45, 7) is 1.93. The minimum Gasteiger partial charge on any atom is -0.484 e. The van der Waals surface area contributed by atoms with E-state index in [1.165, 1.54) is 0 Å². The Morgan fingerprint density at radius 2 is 1.59 bits per heavy atom. The highest BCUT2D eigenvalue weighted by molar-refractivity contribution is 5.82. The molecule has 3 aromatic rings. The van der Waals surface area contributed by atoms with Crippen molar-refractivity contribution in [3.8, 4) is 5.75 Å². The maximum atomic E-state index is 12.1. The fraction of sp³-hybridized carbons (Fsp3) is 0.130. The van der Waals surface area contributed by atoms with Crippen molar-refractivity contribution in [1.29, 1.82) is 0 Å². The summed E-state index contributed by atoms with van der Waals surface area (Å²) in [6.07, 6.45) is 1.80. The number of nitrogens with zero attached hydrogens (tertiary/aromatic N) is 1. The van der Waals surface area contributed by atoms with Gasteiger partial charge in [-0.05, 0) is 54.4 Å². The van der Waals surface area contributed by atoms with Crippen molar-refractivity contribution in [3.63, 3.8) is 0 Å². The molecule has 4 heteroatoms. The minimum absolute atomic E-state index is 0.0192. The molecule has 3 aromatic carbocycles. The van der Waals surface area contributed by atoms with E-state index in [0.29, 0.717) is 5.75 Å². The molecule has 0 heterocycles. The summed E-state index contributed by atoms with van der Waals surface area (Å²) < 4.78 is 5.57. The predicted molar refractivity (Wildman–Crippen MR) is 109 cm³/mol. The lowest BCUT2D eigenvalue weighted by Crippen LogP contribution is -2.31. The van der Waals surface area contributed by atoms with Gasteiger partial charge in [0.1, 0.15) is 5.75 Å². The molecule has 1 atom stereocenters. The molecular formula is C23H22N2O2. The fourth-order valence-corrected chi connectivity index (χ4v) is 2.57. The Morgan fingerprint density at radius 3 is 2.26 bits per heavy atom. The number of hydrogen-bond acceptors (Lipinski definition) is 3. The van der Waals surface area contributed by atoms with Crippen molar-refractivity contribution in [1.82, 2.24) is 5.32 Å². The number of carbonyl (C=O) groups is 1. The van der Waals surface area contributed by atoms with E-state index < -0.39 is 0 Å². The van der Waals surface area contributed by atoms with Gasteiger partial charge in [0.25, 0.3) is 5.91 Å². The molecule has 0 radical (unpaired) electrons. The quantitative estimate of drug-likeness (QED) is 0.623. The normalized spacial score (nSPS) is 11.9. The second-order valence-corrected chi connectivity index (χ2v) is 6.15. The Kier molecular flexibility index (Phi) is 6.36. The lowest BCUT2D eigenvalue weighted by atomic mass is 10.1. The summed E-state index contributed by atoms with van der Waals surface area (Å²) in [4.78, 5) is 16.5. The highest BCUT2D eigenvalue weighted by atomic mass is 16.5. The summed E-state index contributed by atoms with van der Waals surface area (Å²) in [6, 6.07) is 27.0. The van der Waals surface area contributed by atoms with E-state index in [1.807, 2.05) is 91.9 Å². The lowest BCUT2D eigenvalue weighted by Gasteiger charge is -2.14. The molecule has 1 amide bonds. The Bertz CT molecular complexity index is 875. The largest absolute Gasteiger partial charge is 0.484 e. The maximum Gasteiger partial charge on any atom is 0.258 e. The maximum absolute atomic E-state index is 12.1. The monoisotopic (exact) mass is 358 g/mol. The van der Waals surface area contributed by atoms with Gasteiger partial charge in [0.15, 0.2) is 6.61 Å². The predicted octanol–water partition coefficient (Wildman–Crippen LogP) is 4.69. The molecular weight excluding hydrogens is 336 g/mol. The smallest absolute Gasteiger partial charge is 0.258 e. The zero-order valence-corrected chi connectivity index (χ0v) is 15.2. The van der Waals surface area contributed by atoms with Gasteiger partial charge in [-0.1, -0.05) is 48.5 Å². The van der Waals surface area contributed by atoms with E-state index in [0.717, 1.165) is 16.8 Å². The van der Waals surface area contributed by atoms with Gasteiger partial charge in [0, 0.05) is 6.21 Å². The van der Waals surface area contributed by atoms with Gasteiger partial charge in [0.2, 0.25) is 0 Å². The van der Waals surface area contributed by atoms with E-state index in [1.54, 1.807) is 6.21 Å². The molecule has 0 unspecified atom stereocenters. The van der Waals surface area contributed by atoms with Gasteiger partial charge in [-0.2, -0.15) is 0 Å². The molecule has 1 N–H and O–H groups in total. The van der Waals surface area contributed by atoms with Crippen molar-refractivity contribution >= 4 is 17.8 Å². The lowest BCUT2D eigenvalue weighted by molar-refractivity contribution is -0.123. The van der Waals surface area contributed by atoms with E-state index in [9.17, 15) is 4.79 Å². The van der Waals surface area contributed by atoms with Crippen LogP contribution in [0, 0.1) is 0 Å². The molecule has 0 spiro atoms. The van der Waals surface area contributed by atoms with Crippen LogP contribution in [-0.4, -0.2) is 18.7 Å². The van der Waals surface area contributed by atoms with Gasteiger partial charge < -0.3 is 10.1 Å². The summed E-state index contributed by atoms with van der Waals surface area (Å²) in [5.41, 5.74) is 2.93. The number of amides is 1. The van der Waals surface area contributed by atoms with Crippen molar-refractivity contribution < 1.29 is 9.53 Å². The molecule has 4 nitrogen and oxygen atoms in total. The molecule has 0 bridgehead atoms. The van der Waals surface area contributed by atoms with Crippen molar-refractivity contribution in [3.05, 3.63) is 96.1 Å². The zero-order chi connectivity index (χ0) is 18.9. The average molecular weight is 358 g/mol. The third kappa shape index (κ3) is 5.82. The van der Waals surface area contributed by atoms with E-state index in [-0.39, 0.29) is 18.6 Å². The molecule has 0 saturated carbocycles. The van der Waals surface area contributed by atoms with Crippen LogP contribution in [0.5, 0.6) is 5.75 Å². The van der Waals surface area contributed by atoms with Crippen LogP contribution < -0.4 is 10.1 Å². The molecule has 0 aliphatic carbocycles. The van der Waals surface area contributed by atoms with Crippen LogP contribution in [0.3, 0.4) is 0 Å². The van der Waals surface area contributed by atoms with E-state index >= 15 is 0 Å². The molecule has 3 rings (SSSR count). The van der Waals surface area contributed by atoms with Crippen LogP contribution in [0.4, 0.5) is 5.69 Å². The summed E-state index contributed by atoms with van der Waals surface area (Å²) in [7, 11) is 0. The van der Waals surface area contributed by atoms with Gasteiger partial charge >= 0.3 is 0 Å². The van der Waals surface area contributed by atoms with Crippen LogP contribution >= 0.6 is 0 Å². The second-order valence-electron chi connectivity index (χ2n) is 6.15. The number of hydrogen-bond donors (Lipinski definition) is 1. The van der Waals surface area contributed by atoms with Gasteiger partial charge in [-0.15, -0.1) is 0 Å². The highest BCUT2D eigenvalue weighted by Crippen LogP contribution is 2.14. The molecule has 27 heavy (non-hydrogen) atoms. The summed E-state index contributed by atoms with van der Waals surface area (Å²) in [5.74, 6) is 0.496. The van der Waals surface area contributed by atoms with Gasteiger partial charge in [-0.3, -0.25) is 9.79 Å². The number of ether oxygens (including phenoxy) is 1. The van der Waals surface area contributed by atoms with Crippen LogP contribution in [0.25, 0.3) is 0 Å². The van der Waals surface area contributed by atoms with Crippen LogP contribution in [-0.2, 0) is 4.79 Å². The van der Waals surface area contributed by atoms with Crippen LogP contribution in [0.15, 0.2) is 89.9 Å². The molecule has 0 saturated heterocycles. The molecule has 0 fully saturated rings. The number of carbonyl (C=O) groups excluding carboxylic acids is 1. The van der Waals surface area contributed by atoms with Crippen LogP contribution in [0.2, 0.25) is 0 Å². The number of para-hydroxylation sites is 1. The number of nitrogens with one attached hydrogen (secondary N) is 1. The first-order chi connectivity index (χ1) is 13.2. The molecule has 136 valence electrons. The first-order valence-electron chi connectivity index (χ1n) is 8.87. The molecule has 0 aromatic heterocycles. The average Bonchev–Trinajstić information content (AvgIpc) is 2.73. The SMILES string of the molecule is C[C@@H](NC(=O)COc1ccc(C=Nc2ccccc2)cc1)c1ccccc1. The Balaban J connectivity index is 1.48. The number of aliphatic imine (C=N–C) groups is 1. The van der Waals surface area contributed by atoms with E-state index in [4.69, 9.17) is 4.74 Å². The first kappa shape index (κ1) is 18.4. The summed E-state index contributed by atoms with van der Waals surface area (Å²) >= 11 is 0. The minimum atomic E-state index is -0.152. The third-order valence-electron chi connectivity index (χ3n) is 4.05.